The van der Waals surface area contributed by atoms with Crippen LogP contribution in [0.5, 0.6) is 11.6 Å². The van der Waals surface area contributed by atoms with E-state index in [-0.39, 0.29) is 60.1 Å². The largest absolute Gasteiger partial charge is 0.573 e. The maximum Gasteiger partial charge on any atom is 0.573 e. The number of fused-ring (bicyclic) bond motifs is 4. The van der Waals surface area contributed by atoms with E-state index in [0.29, 0.717) is 34.4 Å². The molecule has 11 nitrogen and oxygen atoms in total. The molecule has 254 valence electrons. The lowest BCUT2D eigenvalue weighted by Gasteiger charge is -2.48. The van der Waals surface area contributed by atoms with Gasteiger partial charge < -0.3 is 24.6 Å². The minimum absolute atomic E-state index is 0.0252. The van der Waals surface area contributed by atoms with Gasteiger partial charge in [-0.1, -0.05) is 13.8 Å². The van der Waals surface area contributed by atoms with Crippen LogP contribution in [-0.4, -0.2) is 76.2 Å². The fraction of sp³-hybridized carbons (Fsp3) is 0.344. The van der Waals surface area contributed by atoms with E-state index >= 15 is 4.39 Å². The number of amides is 1. The first-order chi connectivity index (χ1) is 22.5. The van der Waals surface area contributed by atoms with Crippen molar-refractivity contribution in [3.63, 3.8) is 0 Å². The van der Waals surface area contributed by atoms with E-state index in [2.05, 4.69) is 24.7 Å². The molecule has 0 saturated carbocycles. The number of carbonyl (C=O) groups excluding carboxylic acids is 1. The normalized spacial score (nSPS) is 15.6. The first-order valence-corrected chi connectivity index (χ1v) is 16.8. The Hall–Kier alpha value is -4.70. The lowest BCUT2D eigenvalue weighted by atomic mass is 9.73. The number of carbonyl (C=O) groups is 1. The Morgan fingerprint density at radius 3 is 2.42 bits per heavy atom. The number of nitrogens with one attached hydrogen (secondary N) is 2. The van der Waals surface area contributed by atoms with Crippen LogP contribution in [0.2, 0.25) is 0 Å². The molecule has 2 aromatic heterocycles. The van der Waals surface area contributed by atoms with Crippen LogP contribution in [0.1, 0.15) is 19.4 Å². The highest BCUT2D eigenvalue weighted by Gasteiger charge is 2.58. The third-order valence-electron chi connectivity index (χ3n) is 8.20. The summed E-state index contributed by atoms with van der Waals surface area (Å²) in [5.41, 5.74) is 1.47. The molecule has 0 radical (unpaired) electrons. The highest BCUT2D eigenvalue weighted by Crippen LogP contribution is 2.51. The second-order valence-corrected chi connectivity index (χ2v) is 13.9. The van der Waals surface area contributed by atoms with Crippen molar-refractivity contribution in [3.05, 3.63) is 66.2 Å². The number of alkyl halides is 3. The third kappa shape index (κ3) is 6.41. The number of sulfonamides is 1. The first kappa shape index (κ1) is 33.2. The Morgan fingerprint density at radius 1 is 1.06 bits per heavy atom. The predicted octanol–water partition coefficient (Wildman–Crippen LogP) is 4.82. The molecule has 1 saturated heterocycles. The van der Waals surface area contributed by atoms with Crippen LogP contribution in [0.3, 0.4) is 0 Å². The maximum absolute atomic E-state index is 15.7. The van der Waals surface area contributed by atoms with Gasteiger partial charge in [-0.3, -0.25) is 14.5 Å². The van der Waals surface area contributed by atoms with Gasteiger partial charge in [0.05, 0.1) is 23.7 Å². The van der Waals surface area contributed by atoms with E-state index in [1.807, 2.05) is 18.7 Å². The highest BCUT2D eigenvalue weighted by atomic mass is 32.2. The van der Waals surface area contributed by atoms with Crippen molar-refractivity contribution in [1.82, 2.24) is 15.3 Å². The van der Waals surface area contributed by atoms with E-state index in [4.69, 9.17) is 4.74 Å². The van der Waals surface area contributed by atoms with E-state index in [1.54, 1.807) is 13.1 Å². The average molecular weight is 689 g/mol. The van der Waals surface area contributed by atoms with Crippen molar-refractivity contribution in [2.24, 2.45) is 0 Å². The summed E-state index contributed by atoms with van der Waals surface area (Å²) in [4.78, 5) is 25.8. The summed E-state index contributed by atoms with van der Waals surface area (Å²) in [6, 6.07) is 9.86. The van der Waals surface area contributed by atoms with Gasteiger partial charge >= 0.3 is 6.36 Å². The molecule has 1 fully saturated rings. The topological polar surface area (TPSA) is 126 Å². The Bertz CT molecular complexity index is 2000. The molecule has 1 amide bonds. The van der Waals surface area contributed by atoms with E-state index in [0.717, 1.165) is 6.26 Å². The predicted molar refractivity (Wildman–Crippen MR) is 172 cm³/mol. The van der Waals surface area contributed by atoms with Gasteiger partial charge in [0.1, 0.15) is 29.3 Å². The molecule has 48 heavy (non-hydrogen) atoms. The van der Waals surface area contributed by atoms with Gasteiger partial charge in [0.25, 0.3) is 0 Å². The number of halogens is 4. The molecule has 2 aromatic carbocycles. The summed E-state index contributed by atoms with van der Waals surface area (Å²) in [6.07, 6.45) is -0.938. The third-order valence-corrected chi connectivity index (χ3v) is 8.79. The standard InChI is InChI=1S/C32H32F4N6O5S/c1-18(2)37-9-10-46-29-26(40-48(4,44)45)11-19(14-39-29)22-12-23-25(13-24(22)33)38-15-27-28(23)31(30(43)41(27)3)16-42(17-31)20-5-7-21(8-6-20)47-32(34,35)36/h5-8,11-15,18,37,40H,9-10,16-17H2,1-4H3. The van der Waals surface area contributed by atoms with Crippen molar-refractivity contribution in [2.45, 2.75) is 31.7 Å². The van der Waals surface area contributed by atoms with Crippen molar-refractivity contribution >= 4 is 43.9 Å². The second kappa shape index (κ2) is 12.1. The zero-order chi connectivity index (χ0) is 34.6. The molecular formula is C32H32F4N6O5S. The average Bonchev–Trinajstić information content (AvgIpc) is 3.20. The van der Waals surface area contributed by atoms with Crippen LogP contribution < -0.4 is 29.3 Å². The van der Waals surface area contributed by atoms with Gasteiger partial charge in [-0.15, -0.1) is 13.2 Å². The number of hydrogen-bond donors (Lipinski definition) is 2. The molecule has 16 heteroatoms. The summed E-state index contributed by atoms with van der Waals surface area (Å²) in [5.74, 6) is -1.17. The van der Waals surface area contributed by atoms with Crippen LogP contribution in [0, 0.1) is 5.82 Å². The van der Waals surface area contributed by atoms with Crippen LogP contribution in [0.4, 0.5) is 34.6 Å². The van der Waals surface area contributed by atoms with Gasteiger partial charge in [0, 0.05) is 72.8 Å². The van der Waals surface area contributed by atoms with Crippen molar-refractivity contribution in [1.29, 1.82) is 0 Å². The Labute approximate surface area is 273 Å². The SMILES string of the molecule is CC(C)NCCOc1ncc(-c2cc3c4c(cnc3cc2F)N(C)C(=O)C42CN(c3ccc(OC(F)(F)F)cc3)C2)cc1NS(C)(=O)=O. The van der Waals surface area contributed by atoms with E-state index in [9.17, 15) is 26.4 Å². The zero-order valence-corrected chi connectivity index (χ0v) is 27.2. The molecule has 6 rings (SSSR count). The Kier molecular flexibility index (Phi) is 8.35. The smallest absolute Gasteiger partial charge is 0.475 e. The number of aromatic nitrogens is 2. The number of likely N-dealkylation sites (N-methyl/N-ethyl adjacent to an activating group) is 1. The van der Waals surface area contributed by atoms with Crippen LogP contribution in [0.15, 0.2) is 54.9 Å². The van der Waals surface area contributed by atoms with Gasteiger partial charge in [-0.05, 0) is 36.4 Å². The Balaban J connectivity index is 1.36. The number of anilines is 3. The van der Waals surface area contributed by atoms with E-state index in [1.165, 1.54) is 53.7 Å². The lowest BCUT2D eigenvalue weighted by Crippen LogP contribution is -2.64. The molecule has 4 aromatic rings. The maximum atomic E-state index is 15.7. The molecule has 2 aliphatic heterocycles. The molecule has 2 aliphatic rings. The highest BCUT2D eigenvalue weighted by molar-refractivity contribution is 7.92. The zero-order valence-electron chi connectivity index (χ0n) is 26.4. The van der Waals surface area contributed by atoms with Gasteiger partial charge in [-0.2, -0.15) is 0 Å². The van der Waals surface area contributed by atoms with Gasteiger partial charge in [0.15, 0.2) is 0 Å². The number of pyridine rings is 2. The second-order valence-electron chi connectivity index (χ2n) is 12.1. The molecule has 0 bridgehead atoms. The van der Waals surface area contributed by atoms with Crippen molar-refractivity contribution in [2.75, 3.05) is 54.1 Å². The minimum Gasteiger partial charge on any atom is -0.475 e. The van der Waals surface area contributed by atoms with Gasteiger partial charge in [0.2, 0.25) is 21.8 Å². The summed E-state index contributed by atoms with van der Waals surface area (Å²) >= 11 is 0. The molecular weight excluding hydrogens is 656 g/mol. The summed E-state index contributed by atoms with van der Waals surface area (Å²) in [7, 11) is -2.12. The molecule has 0 atom stereocenters. The lowest BCUT2D eigenvalue weighted by molar-refractivity contribution is -0.274. The van der Waals surface area contributed by atoms with Crippen LogP contribution in [0.25, 0.3) is 22.0 Å². The van der Waals surface area contributed by atoms with Crippen molar-refractivity contribution in [3.8, 4) is 22.8 Å². The molecule has 0 aliphatic carbocycles. The van der Waals surface area contributed by atoms with E-state index < -0.39 is 27.6 Å². The summed E-state index contributed by atoms with van der Waals surface area (Å²) in [6.45, 7) is 5.08. The van der Waals surface area contributed by atoms with Crippen molar-refractivity contribution < 1.29 is 40.2 Å². The number of ether oxygens (including phenoxy) is 2. The number of rotatable bonds is 10. The molecule has 4 heterocycles. The molecule has 1 spiro atoms. The summed E-state index contributed by atoms with van der Waals surface area (Å²) in [5, 5.41) is 3.71. The molecule has 2 N–H and O–H groups in total. The number of benzene rings is 2. The monoisotopic (exact) mass is 688 g/mol. The molecule has 0 unspecified atom stereocenters. The summed E-state index contributed by atoms with van der Waals surface area (Å²) < 4.78 is 90.0. The van der Waals surface area contributed by atoms with Crippen LogP contribution >= 0.6 is 0 Å². The quantitative estimate of drug-likeness (QED) is 0.178. The Morgan fingerprint density at radius 2 is 1.77 bits per heavy atom. The van der Waals surface area contributed by atoms with Gasteiger partial charge in [-0.25, -0.2) is 17.8 Å². The fourth-order valence-corrected chi connectivity index (χ4v) is 6.69. The number of nitrogens with zero attached hydrogens (tertiary/aromatic N) is 4. The van der Waals surface area contributed by atoms with Crippen LogP contribution in [-0.2, 0) is 20.2 Å². The number of hydrogen-bond acceptors (Lipinski definition) is 9. The minimum atomic E-state index is -4.82. The first-order valence-electron chi connectivity index (χ1n) is 14.9. The fourth-order valence-electron chi connectivity index (χ4n) is 6.14.